The SMILES string of the molecule is CCOC(=O)c1ccccc1NC(=O)COc1ccc(-c2ccc(C)cc2)cc1. The maximum atomic E-state index is 12.3. The van der Waals surface area contributed by atoms with E-state index in [4.69, 9.17) is 9.47 Å². The van der Waals surface area contributed by atoms with Crippen LogP contribution in [0, 0.1) is 6.92 Å². The van der Waals surface area contributed by atoms with Gasteiger partial charge in [0, 0.05) is 0 Å². The van der Waals surface area contributed by atoms with E-state index in [-0.39, 0.29) is 19.1 Å². The molecule has 3 aromatic carbocycles. The van der Waals surface area contributed by atoms with Crippen LogP contribution in [-0.2, 0) is 9.53 Å². The molecule has 0 fully saturated rings. The van der Waals surface area contributed by atoms with E-state index in [0.29, 0.717) is 17.0 Å². The highest BCUT2D eigenvalue weighted by Crippen LogP contribution is 2.23. The fourth-order valence-corrected chi connectivity index (χ4v) is 2.80. The Morgan fingerprint density at radius 2 is 1.48 bits per heavy atom. The summed E-state index contributed by atoms with van der Waals surface area (Å²) in [5.74, 6) is -0.241. The third-order valence-corrected chi connectivity index (χ3v) is 4.31. The number of esters is 1. The molecular weight excluding hydrogens is 366 g/mol. The molecule has 1 amide bonds. The molecule has 0 atom stereocenters. The number of carbonyl (C=O) groups is 2. The van der Waals surface area contributed by atoms with Crippen molar-refractivity contribution in [2.75, 3.05) is 18.5 Å². The molecule has 0 aliphatic rings. The number of aryl methyl sites for hydroxylation is 1. The maximum Gasteiger partial charge on any atom is 0.340 e. The number of hydrogen-bond donors (Lipinski definition) is 1. The van der Waals surface area contributed by atoms with Gasteiger partial charge >= 0.3 is 5.97 Å². The van der Waals surface area contributed by atoms with Gasteiger partial charge in [0.1, 0.15) is 5.75 Å². The van der Waals surface area contributed by atoms with Gasteiger partial charge in [-0.15, -0.1) is 0 Å². The number of hydrogen-bond acceptors (Lipinski definition) is 4. The highest BCUT2D eigenvalue weighted by molar-refractivity contribution is 6.01. The first-order chi connectivity index (χ1) is 14.1. The summed E-state index contributed by atoms with van der Waals surface area (Å²) in [6.07, 6.45) is 0. The molecule has 0 bridgehead atoms. The highest BCUT2D eigenvalue weighted by atomic mass is 16.5. The van der Waals surface area contributed by atoms with Gasteiger partial charge in [-0.3, -0.25) is 4.79 Å². The maximum absolute atomic E-state index is 12.3. The Morgan fingerprint density at radius 1 is 0.862 bits per heavy atom. The van der Waals surface area contributed by atoms with E-state index in [9.17, 15) is 9.59 Å². The molecule has 29 heavy (non-hydrogen) atoms. The molecule has 0 saturated carbocycles. The monoisotopic (exact) mass is 389 g/mol. The predicted molar refractivity (Wildman–Crippen MR) is 113 cm³/mol. The van der Waals surface area contributed by atoms with E-state index >= 15 is 0 Å². The van der Waals surface area contributed by atoms with Crippen LogP contribution in [0.5, 0.6) is 5.75 Å². The van der Waals surface area contributed by atoms with Crippen molar-refractivity contribution in [1.82, 2.24) is 0 Å². The lowest BCUT2D eigenvalue weighted by Crippen LogP contribution is -2.22. The number of benzene rings is 3. The number of nitrogens with one attached hydrogen (secondary N) is 1. The van der Waals surface area contributed by atoms with Crippen LogP contribution in [-0.4, -0.2) is 25.1 Å². The van der Waals surface area contributed by atoms with Crippen molar-refractivity contribution in [3.63, 3.8) is 0 Å². The van der Waals surface area contributed by atoms with Crippen LogP contribution in [0.1, 0.15) is 22.8 Å². The Morgan fingerprint density at radius 3 is 2.14 bits per heavy atom. The van der Waals surface area contributed by atoms with Crippen molar-refractivity contribution >= 4 is 17.6 Å². The molecule has 0 aliphatic carbocycles. The van der Waals surface area contributed by atoms with Crippen LogP contribution in [0.3, 0.4) is 0 Å². The molecule has 1 N–H and O–H groups in total. The Kier molecular flexibility index (Phi) is 6.63. The predicted octanol–water partition coefficient (Wildman–Crippen LogP) is 4.86. The second-order valence-electron chi connectivity index (χ2n) is 6.49. The van der Waals surface area contributed by atoms with E-state index in [1.54, 1.807) is 31.2 Å². The first kappa shape index (κ1) is 20.1. The summed E-state index contributed by atoms with van der Waals surface area (Å²) < 4.78 is 10.6. The van der Waals surface area contributed by atoms with Crippen LogP contribution < -0.4 is 10.1 Å². The number of ether oxygens (including phenoxy) is 2. The Hall–Kier alpha value is -3.60. The van der Waals surface area contributed by atoms with Gasteiger partial charge in [0.15, 0.2) is 6.61 Å². The van der Waals surface area contributed by atoms with Gasteiger partial charge in [0.2, 0.25) is 0 Å². The molecule has 148 valence electrons. The zero-order valence-corrected chi connectivity index (χ0v) is 16.5. The molecule has 3 aromatic rings. The summed E-state index contributed by atoms with van der Waals surface area (Å²) in [5, 5.41) is 2.70. The quantitative estimate of drug-likeness (QED) is 0.586. The van der Waals surface area contributed by atoms with Gasteiger partial charge in [0.25, 0.3) is 5.91 Å². The summed E-state index contributed by atoms with van der Waals surface area (Å²) in [7, 11) is 0. The van der Waals surface area contributed by atoms with Gasteiger partial charge in [-0.05, 0) is 49.2 Å². The van der Waals surface area contributed by atoms with Crippen molar-refractivity contribution in [3.05, 3.63) is 83.9 Å². The topological polar surface area (TPSA) is 64.6 Å². The molecule has 0 aliphatic heterocycles. The number of carbonyl (C=O) groups excluding carboxylic acids is 2. The van der Waals surface area contributed by atoms with E-state index in [0.717, 1.165) is 11.1 Å². The van der Waals surface area contributed by atoms with Crippen molar-refractivity contribution in [1.29, 1.82) is 0 Å². The van der Waals surface area contributed by atoms with Gasteiger partial charge in [0.05, 0.1) is 17.9 Å². The van der Waals surface area contributed by atoms with Crippen molar-refractivity contribution < 1.29 is 19.1 Å². The molecule has 0 unspecified atom stereocenters. The molecule has 5 nitrogen and oxygen atoms in total. The molecular formula is C24H23NO4. The fourth-order valence-electron chi connectivity index (χ4n) is 2.80. The fraction of sp³-hybridized carbons (Fsp3) is 0.167. The summed E-state index contributed by atoms with van der Waals surface area (Å²) in [6.45, 7) is 3.89. The minimum Gasteiger partial charge on any atom is -0.484 e. The second kappa shape index (κ2) is 9.55. The molecule has 0 saturated heterocycles. The number of para-hydroxylation sites is 1. The summed E-state index contributed by atoms with van der Waals surface area (Å²) in [4.78, 5) is 24.2. The van der Waals surface area contributed by atoms with Gasteiger partial charge < -0.3 is 14.8 Å². The van der Waals surface area contributed by atoms with Crippen molar-refractivity contribution in [2.24, 2.45) is 0 Å². The average molecular weight is 389 g/mol. The van der Waals surface area contributed by atoms with Gasteiger partial charge in [-0.1, -0.05) is 54.1 Å². The van der Waals surface area contributed by atoms with Crippen LogP contribution >= 0.6 is 0 Å². The summed E-state index contributed by atoms with van der Waals surface area (Å²) >= 11 is 0. The van der Waals surface area contributed by atoms with E-state index in [1.165, 1.54) is 5.56 Å². The highest BCUT2D eigenvalue weighted by Gasteiger charge is 2.14. The number of amides is 1. The van der Waals surface area contributed by atoms with E-state index in [1.807, 2.05) is 24.3 Å². The summed E-state index contributed by atoms with van der Waals surface area (Å²) in [5.41, 5.74) is 4.12. The lowest BCUT2D eigenvalue weighted by Gasteiger charge is -2.11. The molecule has 5 heteroatoms. The van der Waals surface area contributed by atoms with Crippen molar-refractivity contribution in [2.45, 2.75) is 13.8 Å². The first-order valence-corrected chi connectivity index (χ1v) is 9.42. The first-order valence-electron chi connectivity index (χ1n) is 9.42. The Balaban J connectivity index is 1.59. The number of rotatable bonds is 7. The Bertz CT molecular complexity index is 979. The third kappa shape index (κ3) is 5.45. The summed E-state index contributed by atoms with van der Waals surface area (Å²) in [6, 6.07) is 22.6. The zero-order valence-electron chi connectivity index (χ0n) is 16.5. The van der Waals surface area contributed by atoms with Crippen LogP contribution in [0.15, 0.2) is 72.8 Å². The largest absolute Gasteiger partial charge is 0.484 e. The lowest BCUT2D eigenvalue weighted by atomic mass is 10.0. The molecule has 3 rings (SSSR count). The van der Waals surface area contributed by atoms with Gasteiger partial charge in [-0.2, -0.15) is 0 Å². The smallest absolute Gasteiger partial charge is 0.340 e. The third-order valence-electron chi connectivity index (χ3n) is 4.31. The minimum atomic E-state index is -0.476. The molecule has 0 spiro atoms. The van der Waals surface area contributed by atoms with Gasteiger partial charge in [-0.25, -0.2) is 4.79 Å². The normalized spacial score (nSPS) is 10.3. The standard InChI is InChI=1S/C24H23NO4/c1-3-28-24(27)21-6-4-5-7-22(21)25-23(26)16-29-20-14-12-19(13-15-20)18-10-8-17(2)9-11-18/h4-15H,3,16H2,1-2H3,(H,25,26). The Labute approximate surface area is 170 Å². The minimum absolute atomic E-state index is 0.166. The molecule has 0 heterocycles. The van der Waals surface area contributed by atoms with Crippen LogP contribution in [0.25, 0.3) is 11.1 Å². The van der Waals surface area contributed by atoms with Crippen LogP contribution in [0.4, 0.5) is 5.69 Å². The van der Waals surface area contributed by atoms with E-state index in [2.05, 4.69) is 36.5 Å². The van der Waals surface area contributed by atoms with E-state index < -0.39 is 5.97 Å². The molecule has 0 radical (unpaired) electrons. The number of anilines is 1. The lowest BCUT2D eigenvalue weighted by molar-refractivity contribution is -0.118. The second-order valence-corrected chi connectivity index (χ2v) is 6.49. The van der Waals surface area contributed by atoms with Crippen LogP contribution in [0.2, 0.25) is 0 Å². The zero-order chi connectivity index (χ0) is 20.6. The average Bonchev–Trinajstić information content (AvgIpc) is 2.74. The van der Waals surface area contributed by atoms with Crippen molar-refractivity contribution in [3.8, 4) is 16.9 Å². The molecule has 0 aromatic heterocycles.